The lowest BCUT2D eigenvalue weighted by molar-refractivity contribution is -0.339. The van der Waals surface area contributed by atoms with Gasteiger partial charge < -0.3 is 23.8 Å². The van der Waals surface area contributed by atoms with E-state index in [2.05, 4.69) is 8.83 Å². The van der Waals surface area contributed by atoms with E-state index in [0.717, 1.165) is 28.7 Å². The molecule has 146 valence electrons. The maximum Gasteiger partial charge on any atom is 0.272 e. The Morgan fingerprint density at radius 3 is 2.15 bits per heavy atom. The van der Waals surface area contributed by atoms with Crippen LogP contribution in [-0.2, 0) is 24.4 Å². The molecule has 9 heteroatoms. The third-order valence-electron chi connectivity index (χ3n) is 3.73. The SMILES string of the molecule is C/C(=C\COP(=O)([O-])OP(=O)([O-])[O-])CCc1ccc(-c2ccccc2)cc1. The number of rotatable bonds is 9. The molecule has 1 unspecified atom stereocenters. The largest absolute Gasteiger partial charge is 0.790 e. The first kappa shape index (κ1) is 21.7. The standard InChI is InChI=1S/C18H22O7P2/c1-15(13-14-24-27(22,23)25-26(19,20)21)7-8-16-9-11-18(12-10-16)17-5-3-2-4-6-17/h2-6,9-13H,7-8,14H2,1H3,(H,22,23)(H2,19,20,21)/p-3/b15-13+. The molecule has 0 radical (unpaired) electrons. The summed E-state index contributed by atoms with van der Waals surface area (Å²) in [4.78, 5) is 31.7. The van der Waals surface area contributed by atoms with Gasteiger partial charge in [0.25, 0.3) is 7.82 Å². The second-order valence-electron chi connectivity index (χ2n) is 5.89. The fraction of sp³-hybridized carbons (Fsp3) is 0.222. The summed E-state index contributed by atoms with van der Waals surface area (Å²) in [5.41, 5.74) is 4.25. The molecule has 0 heterocycles. The summed E-state index contributed by atoms with van der Waals surface area (Å²) in [6.45, 7) is 1.39. The molecule has 1 atom stereocenters. The minimum Gasteiger partial charge on any atom is -0.790 e. The Morgan fingerprint density at radius 2 is 1.56 bits per heavy atom. The summed E-state index contributed by atoms with van der Waals surface area (Å²) < 4.78 is 29.1. The second kappa shape index (κ2) is 9.58. The highest BCUT2D eigenvalue weighted by Crippen LogP contribution is 2.50. The molecule has 0 N–H and O–H groups in total. The molecule has 0 aromatic heterocycles. The van der Waals surface area contributed by atoms with Crippen molar-refractivity contribution in [1.29, 1.82) is 0 Å². The molecule has 0 spiro atoms. The number of phosphoric ester groups is 1. The minimum atomic E-state index is -5.65. The summed E-state index contributed by atoms with van der Waals surface area (Å²) in [5.74, 6) is 0. The lowest BCUT2D eigenvalue weighted by Gasteiger charge is -2.34. The van der Waals surface area contributed by atoms with E-state index in [9.17, 15) is 23.8 Å². The van der Waals surface area contributed by atoms with Crippen LogP contribution in [0.5, 0.6) is 0 Å². The van der Waals surface area contributed by atoms with Crippen LogP contribution in [0.2, 0.25) is 0 Å². The first-order chi connectivity index (χ1) is 12.6. The number of hydrogen-bond donors (Lipinski definition) is 0. The molecule has 2 rings (SSSR count). The van der Waals surface area contributed by atoms with E-state index in [1.807, 2.05) is 54.6 Å². The Kier molecular flexibility index (Phi) is 7.71. The van der Waals surface area contributed by atoms with Crippen LogP contribution in [-0.4, -0.2) is 6.61 Å². The lowest BCUT2D eigenvalue weighted by atomic mass is 10.0. The zero-order valence-electron chi connectivity index (χ0n) is 14.6. The van der Waals surface area contributed by atoms with Crippen LogP contribution < -0.4 is 14.7 Å². The number of allylic oxidation sites excluding steroid dienone is 1. The molecule has 0 aliphatic heterocycles. The molecule has 0 aliphatic rings. The molecule has 7 nitrogen and oxygen atoms in total. The zero-order valence-corrected chi connectivity index (χ0v) is 16.4. The van der Waals surface area contributed by atoms with Crippen LogP contribution >= 0.6 is 15.6 Å². The van der Waals surface area contributed by atoms with Gasteiger partial charge in [-0.1, -0.05) is 66.2 Å². The summed E-state index contributed by atoms with van der Waals surface area (Å²) in [5, 5.41) is 0. The Labute approximate surface area is 158 Å². The Hall–Kier alpha value is -1.56. The monoisotopic (exact) mass is 409 g/mol. The van der Waals surface area contributed by atoms with Gasteiger partial charge in [0, 0.05) is 0 Å². The van der Waals surface area contributed by atoms with Gasteiger partial charge in [-0.3, -0.25) is 8.88 Å². The summed E-state index contributed by atoms with van der Waals surface area (Å²) >= 11 is 0. The van der Waals surface area contributed by atoms with E-state index in [4.69, 9.17) is 0 Å². The Bertz CT molecular complexity index is 857. The van der Waals surface area contributed by atoms with Crippen LogP contribution in [0.3, 0.4) is 0 Å². The maximum absolute atomic E-state index is 11.1. The van der Waals surface area contributed by atoms with E-state index < -0.39 is 22.3 Å². The van der Waals surface area contributed by atoms with E-state index >= 15 is 0 Å². The van der Waals surface area contributed by atoms with Crippen molar-refractivity contribution >= 4 is 15.6 Å². The predicted molar refractivity (Wildman–Crippen MR) is 96.2 cm³/mol. The van der Waals surface area contributed by atoms with Crippen molar-refractivity contribution in [2.24, 2.45) is 0 Å². The van der Waals surface area contributed by atoms with Crippen LogP contribution in [0.4, 0.5) is 0 Å². The minimum absolute atomic E-state index is 0.403. The van der Waals surface area contributed by atoms with Gasteiger partial charge in [0.1, 0.15) is 0 Å². The molecule has 2 aromatic carbocycles. The summed E-state index contributed by atoms with van der Waals surface area (Å²) in [6.07, 6.45) is 2.91. The van der Waals surface area contributed by atoms with Crippen LogP contribution in [0, 0.1) is 0 Å². The van der Waals surface area contributed by atoms with Gasteiger partial charge in [0.2, 0.25) is 0 Å². The van der Waals surface area contributed by atoms with E-state index in [0.29, 0.717) is 6.42 Å². The van der Waals surface area contributed by atoms with Crippen molar-refractivity contribution in [2.75, 3.05) is 6.61 Å². The van der Waals surface area contributed by atoms with Gasteiger partial charge in [-0.05, 0) is 36.5 Å². The average Bonchev–Trinajstić information content (AvgIpc) is 2.59. The average molecular weight is 409 g/mol. The zero-order chi connectivity index (χ0) is 19.9. The van der Waals surface area contributed by atoms with Gasteiger partial charge in [0.05, 0.1) is 14.4 Å². The van der Waals surface area contributed by atoms with Crippen molar-refractivity contribution < 1.29 is 32.6 Å². The third-order valence-corrected chi connectivity index (χ3v) is 5.80. The van der Waals surface area contributed by atoms with Gasteiger partial charge in [-0.25, -0.2) is 0 Å². The number of benzene rings is 2. The van der Waals surface area contributed by atoms with Crippen molar-refractivity contribution in [1.82, 2.24) is 0 Å². The van der Waals surface area contributed by atoms with E-state index in [1.165, 1.54) is 6.08 Å². The first-order valence-corrected chi connectivity index (χ1v) is 11.1. The summed E-state index contributed by atoms with van der Waals surface area (Å²) in [6, 6.07) is 18.2. The normalized spacial score (nSPS) is 14.7. The number of hydrogen-bond acceptors (Lipinski definition) is 7. The Morgan fingerprint density at radius 1 is 0.963 bits per heavy atom. The molecule has 27 heavy (non-hydrogen) atoms. The molecular weight excluding hydrogens is 390 g/mol. The molecule has 0 amide bonds. The third kappa shape index (κ3) is 8.33. The second-order valence-corrected chi connectivity index (χ2v) is 8.59. The van der Waals surface area contributed by atoms with E-state index in [1.54, 1.807) is 6.92 Å². The molecule has 0 saturated carbocycles. The Balaban J connectivity index is 1.83. The quantitative estimate of drug-likeness (QED) is 0.461. The van der Waals surface area contributed by atoms with Crippen LogP contribution in [0.25, 0.3) is 11.1 Å². The van der Waals surface area contributed by atoms with Gasteiger partial charge in [-0.15, -0.1) is 0 Å². The number of aryl methyl sites for hydroxylation is 1. The molecule has 0 fully saturated rings. The fourth-order valence-electron chi connectivity index (χ4n) is 2.35. The van der Waals surface area contributed by atoms with Gasteiger partial charge in [0.15, 0.2) is 0 Å². The molecule has 2 aromatic rings. The highest BCUT2D eigenvalue weighted by molar-refractivity contribution is 7.58. The molecule has 0 aliphatic carbocycles. The smallest absolute Gasteiger partial charge is 0.272 e. The molecule has 0 saturated heterocycles. The van der Waals surface area contributed by atoms with Crippen LogP contribution in [0.1, 0.15) is 18.9 Å². The summed E-state index contributed by atoms with van der Waals surface area (Å²) in [7, 11) is -10.8. The van der Waals surface area contributed by atoms with E-state index in [-0.39, 0.29) is 0 Å². The van der Waals surface area contributed by atoms with Crippen molar-refractivity contribution in [3.8, 4) is 11.1 Å². The molecular formula is C18H19O7P2-3. The molecule has 0 bridgehead atoms. The van der Waals surface area contributed by atoms with Crippen molar-refractivity contribution in [3.05, 3.63) is 71.8 Å². The first-order valence-electron chi connectivity index (χ1n) is 8.14. The topological polar surface area (TPSA) is 122 Å². The fourth-order valence-corrected chi connectivity index (χ4v) is 3.78. The predicted octanol–water partition coefficient (Wildman–Crippen LogP) is 2.56. The van der Waals surface area contributed by atoms with Crippen LogP contribution in [0.15, 0.2) is 66.2 Å². The van der Waals surface area contributed by atoms with Crippen molar-refractivity contribution in [2.45, 2.75) is 19.8 Å². The van der Waals surface area contributed by atoms with Gasteiger partial charge >= 0.3 is 0 Å². The highest BCUT2D eigenvalue weighted by Gasteiger charge is 2.10. The van der Waals surface area contributed by atoms with Gasteiger partial charge in [-0.2, -0.15) is 0 Å². The maximum atomic E-state index is 11.1. The number of phosphoric acid groups is 2. The highest BCUT2D eigenvalue weighted by atomic mass is 31.3. The lowest BCUT2D eigenvalue weighted by Crippen LogP contribution is -2.19. The van der Waals surface area contributed by atoms with Crippen molar-refractivity contribution in [3.63, 3.8) is 0 Å².